The molecule has 0 saturated heterocycles. The molecule has 11 heteroatoms. The number of nitrogens with one attached hydrogen (secondary N) is 1. The number of carbonyl (C=O) groups is 2. The van der Waals surface area contributed by atoms with Crippen LogP contribution in [0.1, 0.15) is 17.3 Å². The molecule has 0 aliphatic carbocycles. The smallest absolute Gasteiger partial charge is 0.326 e. The average molecular weight is 514 g/mol. The number of rotatable bonds is 7. The van der Waals surface area contributed by atoms with Crippen LogP contribution in [-0.2, 0) is 26.1 Å². The first kappa shape index (κ1) is 24.3. The van der Waals surface area contributed by atoms with Gasteiger partial charge in [-0.1, -0.05) is 35.6 Å². The molecule has 1 heterocycles. The Labute approximate surface area is 204 Å². The minimum Gasteiger partial charge on any atom is -0.465 e. The molecule has 1 N–H and O–H groups in total. The predicted octanol–water partition coefficient (Wildman–Crippen LogP) is 3.95. The summed E-state index contributed by atoms with van der Waals surface area (Å²) >= 11 is 1.05. The first-order valence-electron chi connectivity index (χ1n) is 10.5. The molecule has 35 heavy (non-hydrogen) atoms. The Morgan fingerprint density at radius 1 is 1.06 bits per heavy atom. The zero-order valence-electron chi connectivity index (χ0n) is 18.5. The van der Waals surface area contributed by atoms with E-state index in [1.54, 1.807) is 25.1 Å². The number of halogens is 1. The van der Waals surface area contributed by atoms with Gasteiger partial charge in [0.25, 0.3) is 15.9 Å². The molecule has 0 saturated carbocycles. The molecule has 0 atom stereocenters. The van der Waals surface area contributed by atoms with Crippen molar-refractivity contribution in [2.45, 2.75) is 18.4 Å². The second-order valence-corrected chi connectivity index (χ2v) is 10.00. The van der Waals surface area contributed by atoms with Crippen LogP contribution in [0, 0.1) is 5.82 Å². The van der Waals surface area contributed by atoms with Crippen molar-refractivity contribution in [3.8, 4) is 0 Å². The summed E-state index contributed by atoms with van der Waals surface area (Å²) in [5.74, 6) is -1.64. The second kappa shape index (κ2) is 10.2. The quantitative estimate of drug-likeness (QED) is 0.377. The Bertz CT molecular complexity index is 1580. The normalized spacial score (nSPS) is 12.0. The summed E-state index contributed by atoms with van der Waals surface area (Å²) in [6.07, 6.45) is 0. The fraction of sp³-hybridized carbons (Fsp3) is 0.125. The summed E-state index contributed by atoms with van der Waals surface area (Å²) in [5.41, 5.74) is 0.845. The average Bonchev–Trinajstić information content (AvgIpc) is 3.15. The minimum absolute atomic E-state index is 0.0823. The monoisotopic (exact) mass is 513 g/mol. The summed E-state index contributed by atoms with van der Waals surface area (Å²) in [4.78, 5) is 29.5. The molecular weight excluding hydrogens is 493 g/mol. The third-order valence-corrected chi connectivity index (χ3v) is 7.29. The summed E-state index contributed by atoms with van der Waals surface area (Å²) in [5, 5.41) is 0. The molecule has 1 aromatic heterocycles. The fourth-order valence-corrected chi connectivity index (χ4v) is 5.42. The Balaban J connectivity index is 1.69. The molecule has 0 bridgehead atoms. The van der Waals surface area contributed by atoms with E-state index in [1.807, 2.05) is 0 Å². The van der Waals surface area contributed by atoms with E-state index in [0.717, 1.165) is 11.3 Å². The molecule has 3 aromatic carbocycles. The van der Waals surface area contributed by atoms with Crippen LogP contribution >= 0.6 is 11.3 Å². The largest absolute Gasteiger partial charge is 0.465 e. The number of esters is 1. The second-order valence-electron chi connectivity index (χ2n) is 7.30. The maximum absolute atomic E-state index is 13.7. The minimum atomic E-state index is -3.84. The topological polar surface area (TPSA) is 107 Å². The van der Waals surface area contributed by atoms with Gasteiger partial charge >= 0.3 is 5.97 Å². The maximum atomic E-state index is 13.7. The van der Waals surface area contributed by atoms with Crippen molar-refractivity contribution < 1.29 is 27.1 Å². The lowest BCUT2D eigenvalue weighted by Gasteiger charge is -2.08. The van der Waals surface area contributed by atoms with E-state index in [0.29, 0.717) is 10.2 Å². The molecule has 0 spiro atoms. The number of sulfonamides is 1. The highest BCUT2D eigenvalue weighted by molar-refractivity contribution is 7.92. The van der Waals surface area contributed by atoms with E-state index in [-0.39, 0.29) is 34.1 Å². The molecule has 4 rings (SSSR count). The molecule has 1 amide bonds. The highest BCUT2D eigenvalue weighted by Gasteiger charge is 2.16. The zero-order chi connectivity index (χ0) is 25.0. The number of anilines is 1. The number of aromatic nitrogens is 1. The van der Waals surface area contributed by atoms with E-state index >= 15 is 0 Å². The van der Waals surface area contributed by atoms with Crippen LogP contribution in [0.2, 0.25) is 0 Å². The van der Waals surface area contributed by atoms with Crippen molar-refractivity contribution in [1.29, 1.82) is 0 Å². The van der Waals surface area contributed by atoms with Crippen molar-refractivity contribution in [1.82, 2.24) is 4.57 Å². The highest BCUT2D eigenvalue weighted by Crippen LogP contribution is 2.20. The van der Waals surface area contributed by atoms with Gasteiger partial charge in [0.05, 0.1) is 21.7 Å². The van der Waals surface area contributed by atoms with Gasteiger partial charge < -0.3 is 9.30 Å². The van der Waals surface area contributed by atoms with Crippen molar-refractivity contribution in [2.75, 3.05) is 11.3 Å². The number of thiazole rings is 1. The molecule has 0 fully saturated rings. The third-order valence-electron chi connectivity index (χ3n) is 4.85. The van der Waals surface area contributed by atoms with Gasteiger partial charge in [0.15, 0.2) is 4.80 Å². The van der Waals surface area contributed by atoms with E-state index in [2.05, 4.69) is 9.71 Å². The number of hydrogen-bond donors (Lipinski definition) is 1. The van der Waals surface area contributed by atoms with Gasteiger partial charge in [0, 0.05) is 11.3 Å². The van der Waals surface area contributed by atoms with E-state index in [4.69, 9.17) is 4.74 Å². The predicted molar refractivity (Wildman–Crippen MR) is 130 cm³/mol. The van der Waals surface area contributed by atoms with Gasteiger partial charge in [-0.2, -0.15) is 4.99 Å². The standard InChI is InChI=1S/C24H20FN3O5S2/c1-2-33-22(29)15-28-20-12-11-17(25)14-21(20)34-24(28)26-23(30)16-7-6-8-18(13-16)27-35(31,32)19-9-4-3-5-10-19/h3-14,27H,2,15H2,1H3. The lowest BCUT2D eigenvalue weighted by atomic mass is 10.2. The number of hydrogen-bond acceptors (Lipinski definition) is 6. The van der Waals surface area contributed by atoms with E-state index < -0.39 is 27.7 Å². The number of fused-ring (bicyclic) bond motifs is 1. The Morgan fingerprint density at radius 2 is 1.83 bits per heavy atom. The van der Waals surface area contributed by atoms with E-state index in [9.17, 15) is 22.4 Å². The Kier molecular flexibility index (Phi) is 7.08. The Morgan fingerprint density at radius 3 is 2.57 bits per heavy atom. The molecule has 180 valence electrons. The van der Waals surface area contributed by atoms with Gasteiger partial charge in [-0.25, -0.2) is 12.8 Å². The first-order chi connectivity index (χ1) is 16.8. The fourth-order valence-electron chi connectivity index (χ4n) is 3.30. The van der Waals surface area contributed by atoms with Gasteiger partial charge in [-0.3, -0.25) is 14.3 Å². The number of benzene rings is 3. The molecule has 4 aromatic rings. The van der Waals surface area contributed by atoms with Crippen LogP contribution in [0.25, 0.3) is 10.2 Å². The third kappa shape index (κ3) is 5.64. The molecular formula is C24H20FN3O5S2. The number of carbonyl (C=O) groups excluding carboxylic acids is 2. The summed E-state index contributed by atoms with van der Waals surface area (Å²) < 4.78 is 48.4. The maximum Gasteiger partial charge on any atom is 0.326 e. The number of amides is 1. The summed E-state index contributed by atoms with van der Waals surface area (Å²) in [6, 6.07) is 17.8. The van der Waals surface area contributed by atoms with Gasteiger partial charge in [0.1, 0.15) is 12.4 Å². The Hall–Kier alpha value is -3.83. The van der Waals surface area contributed by atoms with Crippen molar-refractivity contribution in [2.24, 2.45) is 4.99 Å². The van der Waals surface area contributed by atoms with Crippen LogP contribution < -0.4 is 9.52 Å². The van der Waals surface area contributed by atoms with Crippen LogP contribution in [0.3, 0.4) is 0 Å². The van der Waals surface area contributed by atoms with Gasteiger partial charge in [-0.05, 0) is 55.5 Å². The lowest BCUT2D eigenvalue weighted by Crippen LogP contribution is -2.23. The molecule has 0 unspecified atom stereocenters. The van der Waals surface area contributed by atoms with E-state index in [1.165, 1.54) is 59.2 Å². The van der Waals surface area contributed by atoms with Gasteiger partial charge in [-0.15, -0.1) is 0 Å². The van der Waals surface area contributed by atoms with Gasteiger partial charge in [0.2, 0.25) is 0 Å². The molecule has 0 radical (unpaired) electrons. The highest BCUT2D eigenvalue weighted by atomic mass is 32.2. The lowest BCUT2D eigenvalue weighted by molar-refractivity contribution is -0.143. The molecule has 0 aliphatic heterocycles. The number of ether oxygens (including phenoxy) is 1. The van der Waals surface area contributed by atoms with Crippen molar-refractivity contribution in [3.05, 3.63) is 89.0 Å². The van der Waals surface area contributed by atoms with Crippen molar-refractivity contribution >= 4 is 49.1 Å². The SMILES string of the molecule is CCOC(=O)Cn1c(=NC(=O)c2cccc(NS(=O)(=O)c3ccccc3)c2)sc2cc(F)ccc21. The summed E-state index contributed by atoms with van der Waals surface area (Å²) in [6.45, 7) is 1.66. The van der Waals surface area contributed by atoms with Crippen LogP contribution in [0.5, 0.6) is 0 Å². The number of nitrogens with zero attached hydrogens (tertiary/aromatic N) is 2. The molecule has 0 aliphatic rings. The van der Waals surface area contributed by atoms with Crippen LogP contribution in [0.15, 0.2) is 82.7 Å². The molecule has 8 nitrogen and oxygen atoms in total. The van der Waals surface area contributed by atoms with Crippen LogP contribution in [-0.4, -0.2) is 31.5 Å². The first-order valence-corrected chi connectivity index (χ1v) is 12.8. The van der Waals surface area contributed by atoms with Crippen LogP contribution in [0.4, 0.5) is 10.1 Å². The van der Waals surface area contributed by atoms with Crippen molar-refractivity contribution in [3.63, 3.8) is 0 Å². The zero-order valence-corrected chi connectivity index (χ0v) is 20.1. The summed E-state index contributed by atoms with van der Waals surface area (Å²) in [7, 11) is -3.84.